The second-order valence-corrected chi connectivity index (χ2v) is 4.73. The Morgan fingerprint density at radius 1 is 1.25 bits per heavy atom. The van der Waals surface area contributed by atoms with Gasteiger partial charge in [-0.25, -0.2) is 0 Å². The van der Waals surface area contributed by atoms with Gasteiger partial charge < -0.3 is 21.5 Å². The molecule has 0 aromatic heterocycles. The molecule has 0 radical (unpaired) electrons. The summed E-state index contributed by atoms with van der Waals surface area (Å²) in [5.41, 5.74) is 6.57. The van der Waals surface area contributed by atoms with E-state index in [9.17, 15) is 9.59 Å². The first-order valence-corrected chi connectivity index (χ1v) is 6.54. The van der Waals surface area contributed by atoms with Crippen molar-refractivity contribution >= 4 is 17.5 Å². The molecule has 1 rings (SSSR count). The van der Waals surface area contributed by atoms with Crippen LogP contribution in [0.4, 0.5) is 5.69 Å². The number of nitrogens with one attached hydrogen (secondary N) is 2. The molecule has 2 amide bonds. The van der Waals surface area contributed by atoms with E-state index in [0.717, 1.165) is 0 Å². The van der Waals surface area contributed by atoms with Crippen LogP contribution in [0, 0.1) is 5.92 Å². The maximum atomic E-state index is 11.7. The van der Waals surface area contributed by atoms with E-state index in [1.807, 2.05) is 6.92 Å². The number of carbonyl (C=O) groups excluding carboxylic acids is 2. The van der Waals surface area contributed by atoms with Gasteiger partial charge >= 0.3 is 0 Å². The Morgan fingerprint density at radius 3 is 2.50 bits per heavy atom. The number of amides is 2. The molecule has 20 heavy (non-hydrogen) atoms. The number of benzene rings is 1. The zero-order valence-corrected chi connectivity index (χ0v) is 11.6. The van der Waals surface area contributed by atoms with Crippen molar-refractivity contribution in [1.82, 2.24) is 10.6 Å². The minimum Gasteiger partial charge on any atom is -0.399 e. The molecule has 1 unspecified atom stereocenters. The predicted molar refractivity (Wildman–Crippen MR) is 77.1 cm³/mol. The van der Waals surface area contributed by atoms with E-state index in [-0.39, 0.29) is 30.9 Å². The Labute approximate surface area is 118 Å². The Bertz CT molecular complexity index is 445. The zero-order valence-electron chi connectivity index (χ0n) is 11.6. The van der Waals surface area contributed by atoms with Crippen LogP contribution >= 0.6 is 0 Å². The number of aliphatic hydroxyl groups is 1. The number of aliphatic hydroxyl groups excluding tert-OH is 1. The third kappa shape index (κ3) is 5.71. The Hall–Kier alpha value is -2.08. The van der Waals surface area contributed by atoms with Crippen LogP contribution in [0.1, 0.15) is 23.7 Å². The highest BCUT2D eigenvalue weighted by Crippen LogP contribution is 2.04. The third-order valence-electron chi connectivity index (χ3n) is 2.85. The van der Waals surface area contributed by atoms with E-state index in [1.54, 1.807) is 24.3 Å². The molecule has 0 heterocycles. The van der Waals surface area contributed by atoms with Crippen molar-refractivity contribution in [3.8, 4) is 0 Å². The van der Waals surface area contributed by atoms with Gasteiger partial charge in [0.15, 0.2) is 0 Å². The molecule has 0 saturated carbocycles. The van der Waals surface area contributed by atoms with Gasteiger partial charge in [0, 0.05) is 24.4 Å². The lowest BCUT2D eigenvalue weighted by molar-refractivity contribution is -0.120. The first-order valence-electron chi connectivity index (χ1n) is 6.54. The van der Waals surface area contributed by atoms with Gasteiger partial charge in [-0.2, -0.15) is 0 Å². The molecule has 1 aromatic carbocycles. The fraction of sp³-hybridized carbons (Fsp3) is 0.429. The van der Waals surface area contributed by atoms with E-state index in [4.69, 9.17) is 10.8 Å². The molecule has 0 bridgehead atoms. The molecule has 6 nitrogen and oxygen atoms in total. The van der Waals surface area contributed by atoms with E-state index in [2.05, 4.69) is 10.6 Å². The van der Waals surface area contributed by atoms with Crippen LogP contribution in [-0.4, -0.2) is 36.6 Å². The van der Waals surface area contributed by atoms with Crippen LogP contribution in [0.15, 0.2) is 24.3 Å². The molecule has 0 aliphatic carbocycles. The van der Waals surface area contributed by atoms with E-state index < -0.39 is 0 Å². The summed E-state index contributed by atoms with van der Waals surface area (Å²) in [7, 11) is 0. The van der Waals surface area contributed by atoms with Crippen LogP contribution in [0.5, 0.6) is 0 Å². The SMILES string of the molecule is CC(CCO)CNC(=O)CNC(=O)c1ccc(N)cc1. The molecule has 0 aliphatic heterocycles. The first kappa shape index (κ1) is 16.0. The van der Waals surface area contributed by atoms with Crippen LogP contribution in [0.2, 0.25) is 0 Å². The maximum Gasteiger partial charge on any atom is 0.251 e. The lowest BCUT2D eigenvalue weighted by Gasteiger charge is -2.11. The second kappa shape index (κ2) is 8.16. The maximum absolute atomic E-state index is 11.7. The number of carbonyl (C=O) groups is 2. The molecule has 110 valence electrons. The number of hydrogen-bond donors (Lipinski definition) is 4. The first-order chi connectivity index (χ1) is 9.52. The van der Waals surface area contributed by atoms with Gasteiger partial charge in [0.05, 0.1) is 6.54 Å². The molecule has 1 aromatic rings. The van der Waals surface area contributed by atoms with Gasteiger partial charge in [-0.1, -0.05) is 6.92 Å². The van der Waals surface area contributed by atoms with Crippen molar-refractivity contribution in [3.05, 3.63) is 29.8 Å². The molecule has 0 fully saturated rings. The monoisotopic (exact) mass is 279 g/mol. The molecule has 5 N–H and O–H groups in total. The molecule has 0 aliphatic rings. The van der Waals surface area contributed by atoms with Gasteiger partial charge in [-0.15, -0.1) is 0 Å². The van der Waals surface area contributed by atoms with Crippen molar-refractivity contribution in [2.45, 2.75) is 13.3 Å². The largest absolute Gasteiger partial charge is 0.399 e. The average Bonchev–Trinajstić information content (AvgIpc) is 2.43. The highest BCUT2D eigenvalue weighted by atomic mass is 16.3. The highest BCUT2D eigenvalue weighted by molar-refractivity contribution is 5.96. The minimum absolute atomic E-state index is 0.0744. The van der Waals surface area contributed by atoms with Crippen molar-refractivity contribution in [1.29, 1.82) is 0 Å². The second-order valence-electron chi connectivity index (χ2n) is 4.73. The zero-order chi connectivity index (χ0) is 15.0. The lowest BCUT2D eigenvalue weighted by atomic mass is 10.1. The topological polar surface area (TPSA) is 104 Å². The molecule has 1 atom stereocenters. The smallest absolute Gasteiger partial charge is 0.251 e. The fourth-order valence-electron chi connectivity index (χ4n) is 1.57. The van der Waals surface area contributed by atoms with Crippen LogP contribution in [0.25, 0.3) is 0 Å². The Balaban J connectivity index is 2.30. The summed E-state index contributed by atoms with van der Waals surface area (Å²) in [5, 5.41) is 14.0. The average molecular weight is 279 g/mol. The van der Waals surface area contributed by atoms with E-state index in [1.165, 1.54) is 0 Å². The number of hydrogen-bond acceptors (Lipinski definition) is 4. The number of anilines is 1. The molecule has 6 heteroatoms. The standard InChI is InChI=1S/C14H21N3O3/c1-10(6-7-18)8-16-13(19)9-17-14(20)11-2-4-12(15)5-3-11/h2-5,10,18H,6-9,15H2,1H3,(H,16,19)(H,17,20). The van der Waals surface area contributed by atoms with Gasteiger partial charge in [0.25, 0.3) is 5.91 Å². The van der Waals surface area contributed by atoms with Crippen molar-refractivity contribution in [2.24, 2.45) is 5.92 Å². The Kier molecular flexibility index (Phi) is 6.52. The fourth-order valence-corrected chi connectivity index (χ4v) is 1.57. The summed E-state index contributed by atoms with van der Waals surface area (Å²) in [6.45, 7) is 2.44. The summed E-state index contributed by atoms with van der Waals surface area (Å²) in [4.78, 5) is 23.3. The predicted octanol–water partition coefficient (Wildman–Crippen LogP) is 0.133. The Morgan fingerprint density at radius 2 is 1.90 bits per heavy atom. The van der Waals surface area contributed by atoms with Crippen molar-refractivity contribution < 1.29 is 14.7 Å². The third-order valence-corrected chi connectivity index (χ3v) is 2.85. The molecule has 0 spiro atoms. The summed E-state index contributed by atoms with van der Waals surface area (Å²) in [5.74, 6) is -0.362. The van der Waals surface area contributed by atoms with Gasteiger partial charge in [-0.3, -0.25) is 9.59 Å². The molecular formula is C14H21N3O3. The lowest BCUT2D eigenvalue weighted by Crippen LogP contribution is -2.38. The number of nitrogen functional groups attached to an aromatic ring is 1. The summed E-state index contributed by atoms with van der Waals surface area (Å²) < 4.78 is 0. The van der Waals surface area contributed by atoms with Crippen LogP contribution in [-0.2, 0) is 4.79 Å². The summed E-state index contributed by atoms with van der Waals surface area (Å²) >= 11 is 0. The van der Waals surface area contributed by atoms with E-state index >= 15 is 0 Å². The van der Waals surface area contributed by atoms with Gasteiger partial charge in [0.1, 0.15) is 0 Å². The molecule has 0 saturated heterocycles. The molecular weight excluding hydrogens is 258 g/mol. The number of rotatable bonds is 7. The quantitative estimate of drug-likeness (QED) is 0.533. The number of nitrogens with two attached hydrogens (primary N) is 1. The van der Waals surface area contributed by atoms with Crippen molar-refractivity contribution in [2.75, 3.05) is 25.4 Å². The van der Waals surface area contributed by atoms with Crippen molar-refractivity contribution in [3.63, 3.8) is 0 Å². The summed E-state index contributed by atoms with van der Waals surface area (Å²) in [6, 6.07) is 6.47. The van der Waals surface area contributed by atoms with Crippen LogP contribution in [0.3, 0.4) is 0 Å². The van der Waals surface area contributed by atoms with Gasteiger partial charge in [0.2, 0.25) is 5.91 Å². The highest BCUT2D eigenvalue weighted by Gasteiger charge is 2.08. The van der Waals surface area contributed by atoms with E-state index in [0.29, 0.717) is 24.2 Å². The minimum atomic E-state index is -0.316. The van der Waals surface area contributed by atoms with Gasteiger partial charge in [-0.05, 0) is 36.6 Å². The normalized spacial score (nSPS) is 11.7. The van der Waals surface area contributed by atoms with Crippen LogP contribution < -0.4 is 16.4 Å². The summed E-state index contributed by atoms with van der Waals surface area (Å²) in [6.07, 6.45) is 0.637.